The van der Waals surface area contributed by atoms with Crippen molar-refractivity contribution in [2.24, 2.45) is 0 Å². The molecule has 15 heavy (non-hydrogen) atoms. The maximum Gasteiger partial charge on any atom is 0.224 e. The third-order valence-corrected chi connectivity index (χ3v) is 2.54. The molecule has 0 fully saturated rings. The first kappa shape index (κ1) is 12.2. The lowest BCUT2D eigenvalue weighted by Gasteiger charge is -2.04. The number of alkyl halides is 1. The van der Waals surface area contributed by atoms with Crippen LogP contribution in [0.5, 0.6) is 0 Å². The third-order valence-electron chi connectivity index (χ3n) is 1.98. The lowest BCUT2D eigenvalue weighted by Crippen LogP contribution is -2.11. The molecule has 0 aliphatic rings. The topological polar surface area (TPSA) is 42.0 Å². The molecule has 0 aromatic carbocycles. The van der Waals surface area contributed by atoms with Crippen molar-refractivity contribution in [2.45, 2.75) is 26.2 Å². The van der Waals surface area contributed by atoms with E-state index in [9.17, 15) is 4.79 Å². The maximum atomic E-state index is 11.4. The van der Waals surface area contributed by atoms with Crippen molar-refractivity contribution in [1.82, 2.24) is 4.98 Å². The first-order chi connectivity index (χ1) is 7.22. The average molecular weight is 271 g/mol. The summed E-state index contributed by atoms with van der Waals surface area (Å²) in [6, 6.07) is 3.75. The number of unbranched alkanes of at least 4 members (excludes halogenated alkanes) is 1. The fraction of sp³-hybridized carbons (Fsp3) is 0.455. The van der Waals surface area contributed by atoms with Crippen LogP contribution >= 0.6 is 15.9 Å². The molecule has 1 rings (SSSR count). The number of rotatable bonds is 5. The molecule has 0 radical (unpaired) electrons. The van der Waals surface area contributed by atoms with Gasteiger partial charge in [0.15, 0.2) is 0 Å². The van der Waals surface area contributed by atoms with Gasteiger partial charge in [0.05, 0.1) is 11.9 Å². The molecule has 0 aliphatic carbocycles. The highest BCUT2D eigenvalue weighted by Gasteiger charge is 2.01. The van der Waals surface area contributed by atoms with Crippen molar-refractivity contribution >= 4 is 27.5 Å². The lowest BCUT2D eigenvalue weighted by atomic mass is 10.2. The van der Waals surface area contributed by atoms with Crippen LogP contribution in [0, 0.1) is 6.92 Å². The van der Waals surface area contributed by atoms with Crippen LogP contribution in [-0.4, -0.2) is 16.2 Å². The zero-order chi connectivity index (χ0) is 11.1. The van der Waals surface area contributed by atoms with E-state index >= 15 is 0 Å². The van der Waals surface area contributed by atoms with Gasteiger partial charge in [0.2, 0.25) is 5.91 Å². The van der Waals surface area contributed by atoms with E-state index in [1.165, 1.54) is 0 Å². The fourth-order valence-electron chi connectivity index (χ4n) is 1.15. The SMILES string of the molecule is Cc1ccc(NC(=O)CCCCBr)cn1. The molecule has 82 valence electrons. The Balaban J connectivity index is 2.34. The summed E-state index contributed by atoms with van der Waals surface area (Å²) < 4.78 is 0. The van der Waals surface area contributed by atoms with Crippen LogP contribution in [0.2, 0.25) is 0 Å². The molecule has 1 aromatic heterocycles. The molecule has 1 amide bonds. The van der Waals surface area contributed by atoms with Gasteiger partial charge in [-0.25, -0.2) is 0 Å². The predicted octanol–water partition coefficient (Wildman–Crippen LogP) is 2.89. The van der Waals surface area contributed by atoms with Gasteiger partial charge in [0.1, 0.15) is 0 Å². The summed E-state index contributed by atoms with van der Waals surface area (Å²) in [5.41, 5.74) is 1.72. The molecule has 0 aliphatic heterocycles. The van der Waals surface area contributed by atoms with E-state index in [0.717, 1.165) is 29.6 Å². The molecular formula is C11H15BrN2O. The summed E-state index contributed by atoms with van der Waals surface area (Å²) in [6.07, 6.45) is 4.19. The van der Waals surface area contributed by atoms with Gasteiger partial charge in [0.25, 0.3) is 0 Å². The van der Waals surface area contributed by atoms with Crippen LogP contribution in [0.25, 0.3) is 0 Å². The second-order valence-corrected chi connectivity index (χ2v) is 4.18. The van der Waals surface area contributed by atoms with Crippen LogP contribution in [-0.2, 0) is 4.79 Å². The highest BCUT2D eigenvalue weighted by molar-refractivity contribution is 9.09. The summed E-state index contributed by atoms with van der Waals surface area (Å²) in [5.74, 6) is 0.0570. The maximum absolute atomic E-state index is 11.4. The minimum atomic E-state index is 0.0570. The highest BCUT2D eigenvalue weighted by atomic mass is 79.9. The number of hydrogen-bond acceptors (Lipinski definition) is 2. The van der Waals surface area contributed by atoms with E-state index < -0.39 is 0 Å². The lowest BCUT2D eigenvalue weighted by molar-refractivity contribution is -0.116. The Morgan fingerprint density at radius 1 is 1.47 bits per heavy atom. The molecule has 1 aromatic rings. The monoisotopic (exact) mass is 270 g/mol. The van der Waals surface area contributed by atoms with Gasteiger partial charge in [-0.2, -0.15) is 0 Å². The van der Waals surface area contributed by atoms with Gasteiger partial charge in [-0.15, -0.1) is 0 Å². The molecule has 3 nitrogen and oxygen atoms in total. The molecule has 0 saturated heterocycles. The molecule has 0 bridgehead atoms. The Bertz CT molecular complexity index is 311. The second-order valence-electron chi connectivity index (χ2n) is 3.38. The number of nitrogens with one attached hydrogen (secondary N) is 1. The zero-order valence-corrected chi connectivity index (χ0v) is 10.4. The number of aromatic nitrogens is 1. The van der Waals surface area contributed by atoms with E-state index in [1.54, 1.807) is 6.20 Å². The van der Waals surface area contributed by atoms with Gasteiger partial charge >= 0.3 is 0 Å². The van der Waals surface area contributed by atoms with Crippen molar-refractivity contribution in [1.29, 1.82) is 0 Å². The van der Waals surface area contributed by atoms with Crippen molar-refractivity contribution in [3.05, 3.63) is 24.0 Å². The van der Waals surface area contributed by atoms with Crippen molar-refractivity contribution in [3.8, 4) is 0 Å². The third kappa shape index (κ3) is 4.93. The van der Waals surface area contributed by atoms with Gasteiger partial charge in [0, 0.05) is 17.4 Å². The van der Waals surface area contributed by atoms with Gasteiger partial charge in [-0.1, -0.05) is 15.9 Å². The van der Waals surface area contributed by atoms with E-state index in [4.69, 9.17) is 0 Å². The first-order valence-electron chi connectivity index (χ1n) is 5.01. The molecule has 0 saturated carbocycles. The van der Waals surface area contributed by atoms with Crippen molar-refractivity contribution < 1.29 is 4.79 Å². The second kappa shape index (κ2) is 6.56. The molecule has 0 spiro atoms. The van der Waals surface area contributed by atoms with Gasteiger partial charge in [-0.3, -0.25) is 9.78 Å². The van der Waals surface area contributed by atoms with Crippen LogP contribution in [0.3, 0.4) is 0 Å². The fourth-order valence-corrected chi connectivity index (χ4v) is 1.54. The van der Waals surface area contributed by atoms with Crippen LogP contribution in [0.15, 0.2) is 18.3 Å². The number of carbonyl (C=O) groups is 1. The number of anilines is 1. The van der Waals surface area contributed by atoms with E-state index in [2.05, 4.69) is 26.2 Å². The van der Waals surface area contributed by atoms with Gasteiger partial charge < -0.3 is 5.32 Å². The molecule has 1 N–H and O–H groups in total. The number of halogens is 1. The standard InChI is InChI=1S/C11H15BrN2O/c1-9-5-6-10(8-13-9)14-11(15)4-2-3-7-12/h5-6,8H,2-4,7H2,1H3,(H,14,15). The Labute approximate surface area is 98.4 Å². The number of hydrogen-bond donors (Lipinski definition) is 1. The number of amides is 1. The highest BCUT2D eigenvalue weighted by Crippen LogP contribution is 2.07. The molecular weight excluding hydrogens is 256 g/mol. The van der Waals surface area contributed by atoms with Crippen molar-refractivity contribution in [2.75, 3.05) is 10.6 Å². The van der Waals surface area contributed by atoms with Crippen molar-refractivity contribution in [3.63, 3.8) is 0 Å². The number of aryl methyl sites for hydroxylation is 1. The molecule has 0 atom stereocenters. The Morgan fingerprint density at radius 2 is 2.27 bits per heavy atom. The quantitative estimate of drug-likeness (QED) is 0.661. The van der Waals surface area contributed by atoms with E-state index in [0.29, 0.717) is 6.42 Å². The summed E-state index contributed by atoms with van der Waals surface area (Å²) in [7, 11) is 0. The Hall–Kier alpha value is -0.900. The van der Waals surface area contributed by atoms with Crippen LogP contribution in [0.1, 0.15) is 25.0 Å². The summed E-state index contributed by atoms with van der Waals surface area (Å²) in [4.78, 5) is 15.5. The number of carbonyl (C=O) groups excluding carboxylic acids is 1. The number of pyridine rings is 1. The largest absolute Gasteiger partial charge is 0.325 e. The zero-order valence-electron chi connectivity index (χ0n) is 8.79. The van der Waals surface area contributed by atoms with E-state index in [-0.39, 0.29) is 5.91 Å². The molecule has 0 unspecified atom stereocenters. The Kier molecular flexibility index (Phi) is 5.32. The van der Waals surface area contributed by atoms with Crippen LogP contribution < -0.4 is 5.32 Å². The van der Waals surface area contributed by atoms with Gasteiger partial charge in [-0.05, 0) is 31.9 Å². The average Bonchev–Trinajstić information content (AvgIpc) is 2.22. The first-order valence-corrected chi connectivity index (χ1v) is 6.13. The molecule has 4 heteroatoms. The minimum Gasteiger partial charge on any atom is -0.325 e. The summed E-state index contributed by atoms with van der Waals surface area (Å²) in [6.45, 7) is 1.92. The van der Waals surface area contributed by atoms with Crippen LogP contribution in [0.4, 0.5) is 5.69 Å². The smallest absolute Gasteiger partial charge is 0.224 e. The molecule has 1 heterocycles. The Morgan fingerprint density at radius 3 is 2.87 bits per heavy atom. The van der Waals surface area contributed by atoms with E-state index in [1.807, 2.05) is 19.1 Å². The normalized spacial score (nSPS) is 10.0. The number of nitrogens with zero attached hydrogens (tertiary/aromatic N) is 1. The summed E-state index contributed by atoms with van der Waals surface area (Å²) >= 11 is 3.33. The minimum absolute atomic E-state index is 0.0570. The predicted molar refractivity (Wildman–Crippen MR) is 65.2 cm³/mol. The summed E-state index contributed by atoms with van der Waals surface area (Å²) in [5, 5.41) is 3.76.